The van der Waals surface area contributed by atoms with Gasteiger partial charge in [-0.25, -0.2) is 0 Å². The lowest BCUT2D eigenvalue weighted by Gasteiger charge is -2.14. The topological polar surface area (TPSA) is 35.2 Å². The SMILES string of the molecule is CCc1c(OCc2ccccc2)ccc(N)c1C. The quantitative estimate of drug-likeness (QED) is 0.828. The Morgan fingerprint density at radius 1 is 1.06 bits per heavy atom. The Balaban J connectivity index is 2.17. The minimum Gasteiger partial charge on any atom is -0.489 e. The molecule has 0 aromatic heterocycles. The average molecular weight is 241 g/mol. The van der Waals surface area contributed by atoms with Crippen molar-refractivity contribution in [2.45, 2.75) is 26.9 Å². The maximum atomic E-state index is 5.92. The molecule has 0 saturated heterocycles. The molecular weight excluding hydrogens is 222 g/mol. The van der Waals surface area contributed by atoms with Gasteiger partial charge in [0.05, 0.1) is 0 Å². The Labute approximate surface area is 108 Å². The third-order valence-corrected chi connectivity index (χ3v) is 3.19. The van der Waals surface area contributed by atoms with E-state index in [1.54, 1.807) is 0 Å². The van der Waals surface area contributed by atoms with Crippen LogP contribution in [0.2, 0.25) is 0 Å². The van der Waals surface area contributed by atoms with Crippen LogP contribution in [0.15, 0.2) is 42.5 Å². The molecule has 0 heterocycles. The van der Waals surface area contributed by atoms with Gasteiger partial charge in [-0.2, -0.15) is 0 Å². The van der Waals surface area contributed by atoms with E-state index in [4.69, 9.17) is 10.5 Å². The first-order valence-electron chi connectivity index (χ1n) is 6.27. The summed E-state index contributed by atoms with van der Waals surface area (Å²) in [6.45, 7) is 4.76. The van der Waals surface area contributed by atoms with Gasteiger partial charge < -0.3 is 10.5 Å². The fourth-order valence-electron chi connectivity index (χ4n) is 2.06. The number of hydrogen-bond acceptors (Lipinski definition) is 2. The van der Waals surface area contributed by atoms with E-state index in [1.807, 2.05) is 37.3 Å². The first kappa shape index (κ1) is 12.5. The molecule has 94 valence electrons. The van der Waals surface area contributed by atoms with E-state index >= 15 is 0 Å². The van der Waals surface area contributed by atoms with Crippen molar-refractivity contribution in [1.82, 2.24) is 0 Å². The second kappa shape index (κ2) is 5.58. The van der Waals surface area contributed by atoms with E-state index in [-0.39, 0.29) is 0 Å². The molecule has 0 aliphatic carbocycles. The minimum atomic E-state index is 0.594. The summed E-state index contributed by atoms with van der Waals surface area (Å²) in [7, 11) is 0. The lowest BCUT2D eigenvalue weighted by Crippen LogP contribution is -2.01. The number of rotatable bonds is 4. The highest BCUT2D eigenvalue weighted by Gasteiger charge is 2.08. The Morgan fingerprint density at radius 2 is 1.78 bits per heavy atom. The molecule has 0 unspecified atom stereocenters. The summed E-state index contributed by atoms with van der Waals surface area (Å²) in [5, 5.41) is 0. The molecule has 2 rings (SSSR count). The van der Waals surface area contributed by atoms with Crippen LogP contribution in [0.25, 0.3) is 0 Å². The Hall–Kier alpha value is -1.96. The molecule has 2 aromatic rings. The van der Waals surface area contributed by atoms with Gasteiger partial charge >= 0.3 is 0 Å². The number of nitrogen functional groups attached to an aromatic ring is 1. The molecule has 2 nitrogen and oxygen atoms in total. The number of ether oxygens (including phenoxy) is 1. The molecule has 0 amide bonds. The molecule has 0 bridgehead atoms. The molecule has 0 aliphatic heterocycles. The van der Waals surface area contributed by atoms with Crippen molar-refractivity contribution in [3.8, 4) is 5.75 Å². The van der Waals surface area contributed by atoms with Gasteiger partial charge in [0.25, 0.3) is 0 Å². The van der Waals surface area contributed by atoms with Gasteiger partial charge in [-0.15, -0.1) is 0 Å². The van der Waals surface area contributed by atoms with Crippen LogP contribution in [0.3, 0.4) is 0 Å². The second-order valence-electron chi connectivity index (χ2n) is 4.38. The van der Waals surface area contributed by atoms with E-state index in [1.165, 1.54) is 11.1 Å². The molecule has 0 spiro atoms. The first-order chi connectivity index (χ1) is 8.72. The van der Waals surface area contributed by atoms with Gasteiger partial charge in [0.15, 0.2) is 0 Å². The van der Waals surface area contributed by atoms with Crippen molar-refractivity contribution in [2.24, 2.45) is 0 Å². The number of anilines is 1. The predicted octanol–water partition coefficient (Wildman–Crippen LogP) is 3.72. The van der Waals surface area contributed by atoms with Crippen LogP contribution in [-0.2, 0) is 13.0 Å². The third kappa shape index (κ3) is 2.65. The molecule has 2 aromatic carbocycles. The molecular formula is C16H19NO. The zero-order valence-electron chi connectivity index (χ0n) is 10.9. The Bertz CT molecular complexity index is 520. The maximum Gasteiger partial charge on any atom is 0.123 e. The highest BCUT2D eigenvalue weighted by Crippen LogP contribution is 2.27. The smallest absolute Gasteiger partial charge is 0.123 e. The fourth-order valence-corrected chi connectivity index (χ4v) is 2.06. The van der Waals surface area contributed by atoms with Crippen LogP contribution in [-0.4, -0.2) is 0 Å². The number of benzene rings is 2. The molecule has 2 heteroatoms. The zero-order chi connectivity index (χ0) is 13.0. The standard InChI is InChI=1S/C16H19NO/c1-3-14-12(2)15(17)9-10-16(14)18-11-13-7-5-4-6-8-13/h4-10H,3,11,17H2,1-2H3. The van der Waals surface area contributed by atoms with Crippen LogP contribution in [0.4, 0.5) is 5.69 Å². The Kier molecular flexibility index (Phi) is 3.88. The van der Waals surface area contributed by atoms with Crippen molar-refractivity contribution >= 4 is 5.69 Å². The summed E-state index contributed by atoms with van der Waals surface area (Å²) in [6, 6.07) is 14.1. The van der Waals surface area contributed by atoms with E-state index in [2.05, 4.69) is 19.1 Å². The highest BCUT2D eigenvalue weighted by molar-refractivity contribution is 5.55. The summed E-state index contributed by atoms with van der Waals surface area (Å²) in [5.41, 5.74) is 10.3. The van der Waals surface area contributed by atoms with Gasteiger partial charge in [-0.1, -0.05) is 37.3 Å². The molecule has 18 heavy (non-hydrogen) atoms. The van der Waals surface area contributed by atoms with Crippen molar-refractivity contribution in [2.75, 3.05) is 5.73 Å². The van der Waals surface area contributed by atoms with Gasteiger partial charge in [-0.3, -0.25) is 0 Å². The zero-order valence-corrected chi connectivity index (χ0v) is 10.9. The monoisotopic (exact) mass is 241 g/mol. The Morgan fingerprint density at radius 3 is 2.44 bits per heavy atom. The van der Waals surface area contributed by atoms with Crippen molar-refractivity contribution in [3.05, 3.63) is 59.2 Å². The van der Waals surface area contributed by atoms with Crippen LogP contribution >= 0.6 is 0 Å². The molecule has 0 aliphatic rings. The second-order valence-corrected chi connectivity index (χ2v) is 4.38. The first-order valence-corrected chi connectivity index (χ1v) is 6.27. The molecule has 0 fully saturated rings. The van der Waals surface area contributed by atoms with Crippen LogP contribution in [0.5, 0.6) is 5.75 Å². The summed E-state index contributed by atoms with van der Waals surface area (Å²) in [5.74, 6) is 0.938. The van der Waals surface area contributed by atoms with Gasteiger partial charge in [0.2, 0.25) is 0 Å². The highest BCUT2D eigenvalue weighted by atomic mass is 16.5. The normalized spacial score (nSPS) is 10.3. The third-order valence-electron chi connectivity index (χ3n) is 3.19. The van der Waals surface area contributed by atoms with Gasteiger partial charge in [0, 0.05) is 5.69 Å². The number of nitrogens with two attached hydrogens (primary N) is 1. The summed E-state index contributed by atoms with van der Waals surface area (Å²) < 4.78 is 5.89. The summed E-state index contributed by atoms with van der Waals surface area (Å²) in [6.07, 6.45) is 0.932. The molecule has 0 atom stereocenters. The average Bonchev–Trinajstić information content (AvgIpc) is 2.41. The molecule has 0 saturated carbocycles. The minimum absolute atomic E-state index is 0.594. The van der Waals surface area contributed by atoms with Gasteiger partial charge in [-0.05, 0) is 42.2 Å². The maximum absolute atomic E-state index is 5.92. The van der Waals surface area contributed by atoms with Crippen LogP contribution < -0.4 is 10.5 Å². The van der Waals surface area contributed by atoms with E-state index in [9.17, 15) is 0 Å². The van der Waals surface area contributed by atoms with Crippen molar-refractivity contribution in [3.63, 3.8) is 0 Å². The predicted molar refractivity (Wildman–Crippen MR) is 75.7 cm³/mol. The van der Waals surface area contributed by atoms with Crippen molar-refractivity contribution in [1.29, 1.82) is 0 Å². The summed E-state index contributed by atoms with van der Waals surface area (Å²) >= 11 is 0. The van der Waals surface area contributed by atoms with Gasteiger partial charge in [0.1, 0.15) is 12.4 Å². The van der Waals surface area contributed by atoms with E-state index in [0.717, 1.165) is 23.4 Å². The van der Waals surface area contributed by atoms with E-state index in [0.29, 0.717) is 6.61 Å². The fraction of sp³-hybridized carbons (Fsp3) is 0.250. The van der Waals surface area contributed by atoms with Crippen molar-refractivity contribution < 1.29 is 4.74 Å². The molecule has 0 radical (unpaired) electrons. The number of hydrogen-bond donors (Lipinski definition) is 1. The summed E-state index contributed by atoms with van der Waals surface area (Å²) in [4.78, 5) is 0. The lowest BCUT2D eigenvalue weighted by molar-refractivity contribution is 0.303. The lowest BCUT2D eigenvalue weighted by atomic mass is 10.0. The van der Waals surface area contributed by atoms with Crippen LogP contribution in [0, 0.1) is 6.92 Å². The largest absolute Gasteiger partial charge is 0.489 e. The van der Waals surface area contributed by atoms with E-state index < -0.39 is 0 Å². The molecule has 2 N–H and O–H groups in total. The van der Waals surface area contributed by atoms with Crippen LogP contribution in [0.1, 0.15) is 23.6 Å².